The highest BCUT2D eigenvalue weighted by Crippen LogP contribution is 2.27. The molecule has 1 rings (SSSR count). The number of carbonyl (C=O) groups is 1. The fourth-order valence-corrected chi connectivity index (χ4v) is 1.23. The molecule has 0 bridgehead atoms. The molecule has 0 aromatic heterocycles. The van der Waals surface area contributed by atoms with Crippen LogP contribution in [0, 0.1) is 6.92 Å². The van der Waals surface area contributed by atoms with E-state index in [4.69, 9.17) is 0 Å². The topological polar surface area (TPSA) is 35.5 Å². The predicted octanol–water partition coefficient (Wildman–Crippen LogP) is 2.61. The van der Waals surface area contributed by atoms with E-state index in [1.165, 1.54) is 26.2 Å². The van der Waals surface area contributed by atoms with Crippen LogP contribution in [0.3, 0.4) is 0 Å². The molecule has 17 heavy (non-hydrogen) atoms. The van der Waals surface area contributed by atoms with Gasteiger partial charge >= 0.3 is 12.3 Å². The molecule has 1 aromatic carbocycles. The fraction of sp³-hybridized carbons (Fsp3) is 0.364. The Balaban J connectivity index is 2.90. The van der Waals surface area contributed by atoms with Crippen molar-refractivity contribution in [2.75, 3.05) is 7.11 Å². The van der Waals surface area contributed by atoms with Crippen LogP contribution >= 0.6 is 0 Å². The summed E-state index contributed by atoms with van der Waals surface area (Å²) in [5, 5.41) is 0. The van der Waals surface area contributed by atoms with Crippen molar-refractivity contribution in [3.05, 3.63) is 29.3 Å². The SMILES string of the molecule is COC(=O)Cc1ccc(C)c(OC(F)(F)F)c1. The first kappa shape index (κ1) is 13.3. The lowest BCUT2D eigenvalue weighted by Crippen LogP contribution is -2.18. The van der Waals surface area contributed by atoms with Crippen molar-refractivity contribution in [1.82, 2.24) is 0 Å². The van der Waals surface area contributed by atoms with Crippen molar-refractivity contribution >= 4 is 5.97 Å². The van der Waals surface area contributed by atoms with Crippen molar-refractivity contribution in [3.63, 3.8) is 0 Å². The van der Waals surface area contributed by atoms with Gasteiger partial charge in [-0.25, -0.2) is 0 Å². The second kappa shape index (κ2) is 5.07. The van der Waals surface area contributed by atoms with E-state index in [0.717, 1.165) is 0 Å². The standard InChI is InChI=1S/C11H11F3O3/c1-7-3-4-8(6-10(15)16-2)5-9(7)17-11(12,13)14/h3-5H,6H2,1-2H3. The van der Waals surface area contributed by atoms with Gasteiger partial charge in [0.05, 0.1) is 13.5 Å². The first-order valence-corrected chi connectivity index (χ1v) is 4.74. The quantitative estimate of drug-likeness (QED) is 0.771. The third-order valence-corrected chi connectivity index (χ3v) is 2.05. The highest BCUT2D eigenvalue weighted by Gasteiger charge is 2.31. The highest BCUT2D eigenvalue weighted by molar-refractivity contribution is 5.72. The lowest BCUT2D eigenvalue weighted by molar-refractivity contribution is -0.274. The molecule has 0 aliphatic carbocycles. The lowest BCUT2D eigenvalue weighted by Gasteiger charge is -2.12. The first-order valence-electron chi connectivity index (χ1n) is 4.74. The number of rotatable bonds is 3. The Morgan fingerprint density at radius 2 is 2.00 bits per heavy atom. The van der Waals surface area contributed by atoms with E-state index in [2.05, 4.69) is 9.47 Å². The average molecular weight is 248 g/mol. The number of aryl methyl sites for hydroxylation is 1. The van der Waals surface area contributed by atoms with Crippen LogP contribution in [0.5, 0.6) is 5.75 Å². The molecule has 0 aliphatic rings. The van der Waals surface area contributed by atoms with Gasteiger partial charge in [0.25, 0.3) is 0 Å². The molecule has 0 spiro atoms. The molecule has 0 heterocycles. The third-order valence-electron chi connectivity index (χ3n) is 2.05. The van der Waals surface area contributed by atoms with Gasteiger partial charge in [-0.2, -0.15) is 0 Å². The van der Waals surface area contributed by atoms with Crippen LogP contribution in [0.2, 0.25) is 0 Å². The van der Waals surface area contributed by atoms with Gasteiger partial charge in [0.1, 0.15) is 5.75 Å². The summed E-state index contributed by atoms with van der Waals surface area (Å²) >= 11 is 0. The number of methoxy groups -OCH3 is 1. The maximum absolute atomic E-state index is 12.1. The van der Waals surface area contributed by atoms with Crippen LogP contribution < -0.4 is 4.74 Å². The van der Waals surface area contributed by atoms with Crippen molar-refractivity contribution < 1.29 is 27.4 Å². The number of benzene rings is 1. The number of ether oxygens (including phenoxy) is 2. The normalized spacial score (nSPS) is 11.1. The third kappa shape index (κ3) is 4.34. The van der Waals surface area contributed by atoms with Crippen LogP contribution in [-0.2, 0) is 16.0 Å². The molecule has 6 heteroatoms. The number of hydrogen-bond donors (Lipinski definition) is 0. The minimum Gasteiger partial charge on any atom is -0.469 e. The van der Waals surface area contributed by atoms with Crippen molar-refractivity contribution in [2.24, 2.45) is 0 Å². The minimum atomic E-state index is -4.74. The maximum atomic E-state index is 12.1. The van der Waals surface area contributed by atoms with Gasteiger partial charge in [0.2, 0.25) is 0 Å². The number of hydrogen-bond acceptors (Lipinski definition) is 3. The van der Waals surface area contributed by atoms with Gasteiger partial charge in [-0.1, -0.05) is 12.1 Å². The van der Waals surface area contributed by atoms with Crippen molar-refractivity contribution in [3.8, 4) is 5.75 Å². The van der Waals surface area contributed by atoms with E-state index in [-0.39, 0.29) is 12.2 Å². The van der Waals surface area contributed by atoms with Crippen molar-refractivity contribution in [1.29, 1.82) is 0 Å². The minimum absolute atomic E-state index is 0.0923. The monoisotopic (exact) mass is 248 g/mol. The first-order chi connectivity index (χ1) is 7.81. The van der Waals surface area contributed by atoms with E-state index in [1.54, 1.807) is 6.07 Å². The molecule has 0 fully saturated rings. The summed E-state index contributed by atoms with van der Waals surface area (Å²) in [5.41, 5.74) is 0.748. The van der Waals surface area contributed by atoms with Gasteiger partial charge in [-0.15, -0.1) is 13.2 Å². The largest absolute Gasteiger partial charge is 0.573 e. The second-order valence-electron chi connectivity index (χ2n) is 3.40. The Labute approximate surface area is 96.1 Å². The molecule has 0 saturated heterocycles. The summed E-state index contributed by atoms with van der Waals surface area (Å²) in [4.78, 5) is 11.0. The van der Waals surface area contributed by atoms with Gasteiger partial charge in [0.15, 0.2) is 0 Å². The number of carbonyl (C=O) groups excluding carboxylic acids is 1. The van der Waals surface area contributed by atoms with E-state index in [9.17, 15) is 18.0 Å². The Bertz CT molecular complexity index is 413. The smallest absolute Gasteiger partial charge is 0.469 e. The molecule has 0 aliphatic heterocycles. The second-order valence-corrected chi connectivity index (χ2v) is 3.40. The summed E-state index contributed by atoms with van der Waals surface area (Å²) < 4.78 is 44.5. The van der Waals surface area contributed by atoms with Crippen LogP contribution in [0.4, 0.5) is 13.2 Å². The predicted molar refractivity (Wildman–Crippen MR) is 53.6 cm³/mol. The summed E-state index contributed by atoms with van der Waals surface area (Å²) in [6.07, 6.45) is -4.83. The number of halogens is 3. The van der Waals surface area contributed by atoms with Crippen LogP contribution in [0.1, 0.15) is 11.1 Å². The Hall–Kier alpha value is -1.72. The van der Waals surface area contributed by atoms with Gasteiger partial charge in [-0.3, -0.25) is 4.79 Å². The summed E-state index contributed by atoms with van der Waals surface area (Å²) in [6.45, 7) is 1.49. The number of esters is 1. The summed E-state index contributed by atoms with van der Waals surface area (Å²) in [6, 6.07) is 4.19. The molecule has 0 N–H and O–H groups in total. The van der Waals surface area contributed by atoms with E-state index in [1.807, 2.05) is 0 Å². The molecule has 0 saturated carbocycles. The number of alkyl halides is 3. The molecular formula is C11H11F3O3. The maximum Gasteiger partial charge on any atom is 0.573 e. The van der Waals surface area contributed by atoms with Crippen LogP contribution in [0.25, 0.3) is 0 Å². The van der Waals surface area contributed by atoms with Gasteiger partial charge in [-0.05, 0) is 24.1 Å². The Morgan fingerprint density at radius 3 is 2.53 bits per heavy atom. The zero-order valence-electron chi connectivity index (χ0n) is 9.30. The van der Waals surface area contributed by atoms with E-state index in [0.29, 0.717) is 11.1 Å². The average Bonchev–Trinajstić information content (AvgIpc) is 2.21. The van der Waals surface area contributed by atoms with Crippen LogP contribution in [0.15, 0.2) is 18.2 Å². The molecule has 0 unspecified atom stereocenters. The summed E-state index contributed by atoms with van der Waals surface area (Å²) in [5.74, 6) is -0.828. The highest BCUT2D eigenvalue weighted by atomic mass is 19.4. The molecule has 0 amide bonds. The van der Waals surface area contributed by atoms with Crippen LogP contribution in [-0.4, -0.2) is 19.4 Å². The van der Waals surface area contributed by atoms with E-state index >= 15 is 0 Å². The van der Waals surface area contributed by atoms with Gasteiger partial charge < -0.3 is 9.47 Å². The molecule has 94 valence electrons. The zero-order valence-corrected chi connectivity index (χ0v) is 9.30. The molecule has 0 atom stereocenters. The molecule has 3 nitrogen and oxygen atoms in total. The van der Waals surface area contributed by atoms with Crippen molar-refractivity contribution in [2.45, 2.75) is 19.7 Å². The van der Waals surface area contributed by atoms with Gasteiger partial charge in [0, 0.05) is 0 Å². The molecule has 1 aromatic rings. The zero-order chi connectivity index (χ0) is 13.1. The molecule has 0 radical (unpaired) electrons. The molecular weight excluding hydrogens is 237 g/mol. The van der Waals surface area contributed by atoms with E-state index < -0.39 is 12.3 Å². The fourth-order valence-electron chi connectivity index (χ4n) is 1.23. The Kier molecular flexibility index (Phi) is 3.98. The lowest BCUT2D eigenvalue weighted by atomic mass is 10.1. The Morgan fingerprint density at radius 1 is 1.35 bits per heavy atom. The summed E-state index contributed by atoms with van der Waals surface area (Å²) in [7, 11) is 1.21.